The Bertz CT molecular complexity index is 1220. The maximum Gasteiger partial charge on any atom is 0.168 e. The largest absolute Gasteiger partial charge is 0.511 e. The minimum absolute atomic E-state index is 0.0295. The molecule has 7 nitrogen and oxygen atoms in total. The average Bonchev–Trinajstić information content (AvgIpc) is 2.95. The molecule has 208 valence electrons. The zero-order valence-corrected chi connectivity index (χ0v) is 24.0. The summed E-state index contributed by atoms with van der Waals surface area (Å²) in [5.41, 5.74) is 3.81. The van der Waals surface area contributed by atoms with Crippen LogP contribution in [0, 0.1) is 0 Å². The van der Waals surface area contributed by atoms with Gasteiger partial charge in [-0.05, 0) is 48.7 Å². The zero-order chi connectivity index (χ0) is 27.2. The molecule has 0 amide bonds. The van der Waals surface area contributed by atoms with Gasteiger partial charge in [-0.2, -0.15) is 0 Å². The highest BCUT2D eigenvalue weighted by atomic mass is 32.2. The van der Waals surface area contributed by atoms with E-state index in [0.717, 1.165) is 50.5 Å². The van der Waals surface area contributed by atoms with E-state index in [1.165, 1.54) is 28.4 Å². The van der Waals surface area contributed by atoms with Gasteiger partial charge in [-0.25, -0.2) is 0 Å². The Balaban J connectivity index is 1.22. The number of anilines is 2. The van der Waals surface area contributed by atoms with Crippen molar-refractivity contribution in [3.63, 3.8) is 0 Å². The van der Waals surface area contributed by atoms with E-state index in [2.05, 4.69) is 69.1 Å². The maximum absolute atomic E-state index is 13.1. The van der Waals surface area contributed by atoms with Gasteiger partial charge in [0.05, 0.1) is 30.1 Å². The fraction of sp³-hybridized carbons (Fsp3) is 0.484. The predicted molar refractivity (Wildman–Crippen MR) is 159 cm³/mol. The van der Waals surface area contributed by atoms with E-state index in [1.54, 1.807) is 25.1 Å². The summed E-state index contributed by atoms with van der Waals surface area (Å²) >= 11 is 1.76. The molecule has 2 aromatic carbocycles. The fourth-order valence-electron chi connectivity index (χ4n) is 5.73. The lowest BCUT2D eigenvalue weighted by molar-refractivity contribution is -0.116. The normalized spacial score (nSPS) is 20.5. The molecular weight excluding hydrogens is 508 g/mol. The van der Waals surface area contributed by atoms with Crippen LogP contribution in [-0.2, 0) is 9.53 Å². The third-order valence-corrected chi connectivity index (χ3v) is 9.01. The third kappa shape index (κ3) is 6.57. The van der Waals surface area contributed by atoms with Crippen LogP contribution in [-0.4, -0.2) is 93.0 Å². The number of hydrogen-bond acceptors (Lipinski definition) is 8. The van der Waals surface area contributed by atoms with E-state index in [0.29, 0.717) is 31.6 Å². The van der Waals surface area contributed by atoms with Crippen molar-refractivity contribution in [2.75, 3.05) is 71.0 Å². The van der Waals surface area contributed by atoms with Crippen molar-refractivity contribution in [2.24, 2.45) is 4.99 Å². The molecule has 1 unspecified atom stereocenters. The minimum atomic E-state index is -0.0374. The van der Waals surface area contributed by atoms with Crippen LogP contribution in [0.2, 0.25) is 0 Å². The SMILES string of the molecule is CCCN1CCN(CCN=CC2=C(O)CC(c3ccc4c(c3)Sc3ccccc3N4CCOC)CC2=O)CC1. The summed E-state index contributed by atoms with van der Waals surface area (Å²) in [5.74, 6) is 0.0910. The van der Waals surface area contributed by atoms with Crippen LogP contribution in [0.4, 0.5) is 11.4 Å². The summed E-state index contributed by atoms with van der Waals surface area (Å²) < 4.78 is 5.37. The minimum Gasteiger partial charge on any atom is -0.511 e. The molecule has 1 fully saturated rings. The van der Waals surface area contributed by atoms with E-state index in [9.17, 15) is 9.90 Å². The van der Waals surface area contributed by atoms with Crippen molar-refractivity contribution >= 4 is 35.1 Å². The number of nitrogens with zero attached hydrogens (tertiary/aromatic N) is 4. The maximum atomic E-state index is 13.1. The van der Waals surface area contributed by atoms with Crippen molar-refractivity contribution in [1.82, 2.24) is 9.80 Å². The van der Waals surface area contributed by atoms with Crippen molar-refractivity contribution in [3.8, 4) is 0 Å². The number of carbonyl (C=O) groups is 1. The molecule has 1 atom stereocenters. The Hall–Kier alpha value is -2.65. The number of ketones is 1. The highest BCUT2D eigenvalue weighted by Crippen LogP contribution is 2.49. The smallest absolute Gasteiger partial charge is 0.168 e. The van der Waals surface area contributed by atoms with Crippen LogP contribution in [0.5, 0.6) is 0 Å². The summed E-state index contributed by atoms with van der Waals surface area (Å²) in [7, 11) is 1.73. The van der Waals surface area contributed by atoms with Crippen molar-refractivity contribution in [3.05, 3.63) is 59.4 Å². The third-order valence-electron chi connectivity index (χ3n) is 7.89. The first kappa shape index (κ1) is 27.9. The van der Waals surface area contributed by atoms with Gasteiger partial charge in [-0.1, -0.05) is 36.9 Å². The quantitative estimate of drug-likeness (QED) is 0.405. The van der Waals surface area contributed by atoms with Gasteiger partial charge in [0.2, 0.25) is 0 Å². The first-order valence-electron chi connectivity index (χ1n) is 14.1. The molecule has 2 heterocycles. The number of benzene rings is 2. The fourth-order valence-corrected chi connectivity index (χ4v) is 6.87. The number of aliphatic imine (C=N–C) groups is 1. The van der Waals surface area contributed by atoms with Gasteiger partial charge in [0.25, 0.3) is 0 Å². The number of carbonyl (C=O) groups excluding carboxylic acids is 1. The lowest BCUT2D eigenvalue weighted by atomic mass is 9.83. The molecule has 1 N–H and O–H groups in total. The highest BCUT2D eigenvalue weighted by Gasteiger charge is 2.30. The van der Waals surface area contributed by atoms with Crippen LogP contribution >= 0.6 is 11.8 Å². The lowest BCUT2D eigenvalue weighted by Gasteiger charge is -2.34. The Labute approximate surface area is 236 Å². The molecule has 2 aromatic rings. The van der Waals surface area contributed by atoms with Crippen LogP contribution in [0.25, 0.3) is 0 Å². The molecule has 3 aliphatic rings. The highest BCUT2D eigenvalue weighted by molar-refractivity contribution is 7.99. The number of methoxy groups -OCH3 is 1. The van der Waals surface area contributed by atoms with Crippen LogP contribution in [0.1, 0.15) is 37.7 Å². The summed E-state index contributed by atoms with van der Waals surface area (Å²) in [6.07, 6.45) is 3.65. The average molecular weight is 549 g/mol. The molecule has 39 heavy (non-hydrogen) atoms. The summed E-state index contributed by atoms with van der Waals surface area (Å²) in [5, 5.41) is 10.8. The van der Waals surface area contributed by atoms with Crippen LogP contribution < -0.4 is 4.90 Å². The molecule has 1 aliphatic carbocycles. The molecule has 0 saturated carbocycles. The Morgan fingerprint density at radius 1 is 1.00 bits per heavy atom. The second-order valence-electron chi connectivity index (χ2n) is 10.5. The number of aliphatic hydroxyl groups excluding tert-OH is 1. The van der Waals surface area contributed by atoms with Gasteiger partial charge in [0.15, 0.2) is 5.78 Å². The van der Waals surface area contributed by atoms with Gasteiger partial charge in [0, 0.05) is 75.2 Å². The number of para-hydroxylation sites is 1. The van der Waals surface area contributed by atoms with Gasteiger partial charge in [0.1, 0.15) is 5.76 Å². The topological polar surface area (TPSA) is 68.6 Å². The molecule has 0 bridgehead atoms. The van der Waals surface area contributed by atoms with Crippen molar-refractivity contribution < 1.29 is 14.6 Å². The summed E-state index contributed by atoms with van der Waals surface area (Å²) in [4.78, 5) is 27.2. The van der Waals surface area contributed by atoms with Crippen molar-refractivity contribution in [2.45, 2.75) is 41.9 Å². The standard InChI is InChI=1S/C31H40N4O3S/c1-3-11-33-13-15-34(16-14-33)12-10-32-22-25-28(36)19-24(20-29(25)37)23-8-9-27-31(21-23)39-30-7-5-4-6-26(30)35(27)17-18-38-2/h4-9,21-22,24,36H,3,10-20H2,1-2H3. The van der Waals surface area contributed by atoms with Gasteiger partial charge in [-0.15, -0.1) is 0 Å². The second-order valence-corrected chi connectivity index (χ2v) is 11.6. The van der Waals surface area contributed by atoms with E-state index in [-0.39, 0.29) is 17.5 Å². The first-order valence-corrected chi connectivity index (χ1v) is 15.0. The molecular formula is C31H40N4O3S. The Kier molecular flexibility index (Phi) is 9.40. The number of allylic oxidation sites excluding steroid dienone is 2. The molecule has 0 spiro atoms. The zero-order valence-electron chi connectivity index (χ0n) is 23.1. The number of piperazine rings is 1. The summed E-state index contributed by atoms with van der Waals surface area (Å²) in [6.45, 7) is 10.7. The lowest BCUT2D eigenvalue weighted by Crippen LogP contribution is -2.47. The molecule has 0 aromatic heterocycles. The molecule has 0 radical (unpaired) electrons. The summed E-state index contributed by atoms with van der Waals surface area (Å²) in [6, 6.07) is 14.9. The first-order chi connectivity index (χ1) is 19.1. The van der Waals surface area contributed by atoms with E-state index in [1.807, 2.05) is 0 Å². The Morgan fingerprint density at radius 2 is 1.74 bits per heavy atom. The van der Waals surface area contributed by atoms with E-state index in [4.69, 9.17) is 4.74 Å². The monoisotopic (exact) mass is 548 g/mol. The van der Waals surface area contributed by atoms with Gasteiger partial charge >= 0.3 is 0 Å². The van der Waals surface area contributed by atoms with E-state index >= 15 is 0 Å². The number of ether oxygens (including phenoxy) is 1. The van der Waals surface area contributed by atoms with Crippen LogP contribution in [0.3, 0.4) is 0 Å². The molecule has 2 aliphatic heterocycles. The number of fused-ring (bicyclic) bond motifs is 2. The second kappa shape index (κ2) is 13.1. The molecule has 1 saturated heterocycles. The van der Waals surface area contributed by atoms with Gasteiger partial charge in [-0.3, -0.25) is 14.7 Å². The number of hydrogen-bond donors (Lipinski definition) is 1. The number of rotatable bonds is 10. The van der Waals surface area contributed by atoms with Gasteiger partial charge < -0.3 is 19.6 Å². The van der Waals surface area contributed by atoms with Crippen molar-refractivity contribution in [1.29, 1.82) is 0 Å². The van der Waals surface area contributed by atoms with Crippen LogP contribution in [0.15, 0.2) is 68.6 Å². The predicted octanol–water partition coefficient (Wildman–Crippen LogP) is 5.29. The molecule has 5 rings (SSSR count). The molecule has 8 heteroatoms. The number of Topliss-reactive ketones (excluding diaryl/α,β-unsaturated/α-hetero) is 1. The van der Waals surface area contributed by atoms with E-state index < -0.39 is 0 Å². The Morgan fingerprint density at radius 3 is 2.49 bits per heavy atom. The number of aliphatic hydroxyl groups is 1.